The molecule has 1 aliphatic heterocycles. The molecule has 3 heteroatoms. The lowest BCUT2D eigenvalue weighted by atomic mass is 9.98. The van der Waals surface area contributed by atoms with Crippen molar-refractivity contribution in [3.63, 3.8) is 0 Å². The lowest BCUT2D eigenvalue weighted by Gasteiger charge is -2.19. The summed E-state index contributed by atoms with van der Waals surface area (Å²) in [6.07, 6.45) is 4.48. The first-order valence-electron chi connectivity index (χ1n) is 4.25. The number of amides is 1. The van der Waals surface area contributed by atoms with Gasteiger partial charge in [-0.1, -0.05) is 12.8 Å². The summed E-state index contributed by atoms with van der Waals surface area (Å²) in [5.74, 6) is 0.301. The lowest BCUT2D eigenvalue weighted by molar-refractivity contribution is -0.131. The van der Waals surface area contributed by atoms with Gasteiger partial charge in [0.1, 0.15) is 0 Å². The maximum atomic E-state index is 11.6. The largest absolute Gasteiger partial charge is 0.331 e. The number of carbonyl (C=O) groups is 1. The third kappa shape index (κ3) is 0.872. The van der Waals surface area contributed by atoms with E-state index in [1.165, 1.54) is 12.8 Å². The fourth-order valence-corrected chi connectivity index (χ4v) is 2.15. The number of carbonyl (C=O) groups excluding carboxylic acids is 1. The van der Waals surface area contributed by atoms with Crippen LogP contribution < -0.4 is 5.32 Å². The Morgan fingerprint density at radius 3 is 2.55 bits per heavy atom. The molecule has 1 N–H and O–H groups in total. The van der Waals surface area contributed by atoms with Gasteiger partial charge in [-0.05, 0) is 12.8 Å². The van der Waals surface area contributed by atoms with Gasteiger partial charge in [-0.15, -0.1) is 0 Å². The minimum Gasteiger partial charge on any atom is -0.331 e. The van der Waals surface area contributed by atoms with Crippen LogP contribution in [0, 0.1) is 0 Å². The van der Waals surface area contributed by atoms with Gasteiger partial charge in [0, 0.05) is 7.05 Å². The zero-order valence-corrected chi connectivity index (χ0v) is 6.89. The van der Waals surface area contributed by atoms with Gasteiger partial charge in [-0.2, -0.15) is 0 Å². The highest BCUT2D eigenvalue weighted by atomic mass is 16.2. The summed E-state index contributed by atoms with van der Waals surface area (Å²) in [6, 6.07) is 0. The Labute approximate surface area is 66.8 Å². The van der Waals surface area contributed by atoms with E-state index in [1.54, 1.807) is 4.90 Å². The van der Waals surface area contributed by atoms with Crippen LogP contribution in [0.1, 0.15) is 25.7 Å². The maximum absolute atomic E-state index is 11.6. The summed E-state index contributed by atoms with van der Waals surface area (Å²) in [4.78, 5) is 13.4. The van der Waals surface area contributed by atoms with Crippen LogP contribution in [0.3, 0.4) is 0 Å². The van der Waals surface area contributed by atoms with Crippen LogP contribution in [-0.2, 0) is 4.79 Å². The van der Waals surface area contributed by atoms with E-state index in [0.29, 0.717) is 5.91 Å². The minimum atomic E-state index is -0.144. The first-order valence-corrected chi connectivity index (χ1v) is 4.25. The molecule has 3 nitrogen and oxygen atoms in total. The Kier molecular flexibility index (Phi) is 1.42. The van der Waals surface area contributed by atoms with Gasteiger partial charge in [0.15, 0.2) is 0 Å². The van der Waals surface area contributed by atoms with E-state index >= 15 is 0 Å². The third-order valence-corrected chi connectivity index (χ3v) is 2.87. The van der Waals surface area contributed by atoms with Crippen molar-refractivity contribution in [3.8, 4) is 0 Å². The van der Waals surface area contributed by atoms with Crippen molar-refractivity contribution in [1.29, 1.82) is 0 Å². The molecule has 2 fully saturated rings. The van der Waals surface area contributed by atoms with Gasteiger partial charge in [0.25, 0.3) is 0 Å². The molecule has 0 radical (unpaired) electrons. The smallest absolute Gasteiger partial charge is 0.243 e. The fraction of sp³-hybridized carbons (Fsp3) is 0.875. The molecule has 0 unspecified atom stereocenters. The first kappa shape index (κ1) is 7.10. The van der Waals surface area contributed by atoms with Crippen molar-refractivity contribution in [2.24, 2.45) is 0 Å². The van der Waals surface area contributed by atoms with Gasteiger partial charge >= 0.3 is 0 Å². The van der Waals surface area contributed by atoms with Gasteiger partial charge in [-0.25, -0.2) is 0 Å². The Balaban J connectivity index is 2.20. The molecule has 1 saturated carbocycles. The average Bonchev–Trinajstić information content (AvgIpc) is 2.56. The van der Waals surface area contributed by atoms with Crippen LogP contribution in [-0.4, -0.2) is 30.1 Å². The van der Waals surface area contributed by atoms with Crippen LogP contribution in [0.4, 0.5) is 0 Å². The highest BCUT2D eigenvalue weighted by Crippen LogP contribution is 2.33. The van der Waals surface area contributed by atoms with Crippen molar-refractivity contribution >= 4 is 5.91 Å². The van der Waals surface area contributed by atoms with E-state index in [-0.39, 0.29) is 5.54 Å². The highest BCUT2D eigenvalue weighted by molar-refractivity contribution is 5.88. The molecule has 11 heavy (non-hydrogen) atoms. The molecule has 2 aliphatic rings. The van der Waals surface area contributed by atoms with E-state index in [1.807, 2.05) is 7.05 Å². The number of nitrogens with zero attached hydrogens (tertiary/aromatic N) is 1. The molecule has 0 bridgehead atoms. The van der Waals surface area contributed by atoms with Crippen LogP contribution >= 0.6 is 0 Å². The molecular weight excluding hydrogens is 140 g/mol. The summed E-state index contributed by atoms with van der Waals surface area (Å²) >= 11 is 0. The number of hydrogen-bond donors (Lipinski definition) is 1. The Bertz CT molecular complexity index is 185. The summed E-state index contributed by atoms with van der Waals surface area (Å²) in [5.41, 5.74) is -0.144. The van der Waals surface area contributed by atoms with Crippen LogP contribution in [0.2, 0.25) is 0 Å². The molecule has 1 heterocycles. The minimum absolute atomic E-state index is 0.144. The van der Waals surface area contributed by atoms with E-state index in [0.717, 1.165) is 19.5 Å². The Morgan fingerprint density at radius 2 is 2.09 bits per heavy atom. The van der Waals surface area contributed by atoms with Gasteiger partial charge in [0.2, 0.25) is 5.91 Å². The van der Waals surface area contributed by atoms with Crippen molar-refractivity contribution in [3.05, 3.63) is 0 Å². The second kappa shape index (κ2) is 2.21. The van der Waals surface area contributed by atoms with Crippen LogP contribution in [0.5, 0.6) is 0 Å². The molecular formula is C8H14N2O. The van der Waals surface area contributed by atoms with Gasteiger partial charge in [0.05, 0.1) is 12.2 Å². The number of hydrogen-bond acceptors (Lipinski definition) is 2. The normalized spacial score (nSPS) is 28.8. The van der Waals surface area contributed by atoms with Gasteiger partial charge < -0.3 is 4.90 Å². The molecule has 2 rings (SSSR count). The van der Waals surface area contributed by atoms with Gasteiger partial charge in [-0.3, -0.25) is 10.1 Å². The quantitative estimate of drug-likeness (QED) is 0.545. The van der Waals surface area contributed by atoms with E-state index in [2.05, 4.69) is 5.32 Å². The predicted octanol–water partition coefficient (Wildman–Crippen LogP) is 0.318. The van der Waals surface area contributed by atoms with Crippen molar-refractivity contribution < 1.29 is 4.79 Å². The van der Waals surface area contributed by atoms with E-state index < -0.39 is 0 Å². The first-order chi connectivity index (χ1) is 5.25. The zero-order valence-electron chi connectivity index (χ0n) is 6.89. The molecule has 0 aromatic heterocycles. The van der Waals surface area contributed by atoms with Crippen molar-refractivity contribution in [2.45, 2.75) is 31.2 Å². The molecule has 1 amide bonds. The van der Waals surface area contributed by atoms with Crippen LogP contribution in [0.15, 0.2) is 0 Å². The second-order valence-corrected chi connectivity index (χ2v) is 3.63. The predicted molar refractivity (Wildman–Crippen MR) is 42.0 cm³/mol. The lowest BCUT2D eigenvalue weighted by Crippen LogP contribution is -2.43. The molecule has 1 aliphatic carbocycles. The fourth-order valence-electron chi connectivity index (χ4n) is 2.15. The molecule has 1 saturated heterocycles. The maximum Gasteiger partial charge on any atom is 0.243 e. The number of rotatable bonds is 0. The summed E-state index contributed by atoms with van der Waals surface area (Å²) < 4.78 is 0. The number of nitrogens with one attached hydrogen (secondary N) is 1. The summed E-state index contributed by atoms with van der Waals surface area (Å²) in [5, 5.41) is 3.31. The Hall–Kier alpha value is -0.570. The highest BCUT2D eigenvalue weighted by Gasteiger charge is 2.46. The topological polar surface area (TPSA) is 32.3 Å². The Morgan fingerprint density at radius 1 is 1.45 bits per heavy atom. The average molecular weight is 154 g/mol. The zero-order chi connectivity index (χ0) is 7.90. The summed E-state index contributed by atoms with van der Waals surface area (Å²) in [7, 11) is 1.86. The van der Waals surface area contributed by atoms with E-state index in [4.69, 9.17) is 0 Å². The molecule has 0 aromatic carbocycles. The van der Waals surface area contributed by atoms with E-state index in [9.17, 15) is 4.79 Å². The standard InChI is InChI=1S/C8H14N2O/c1-10-6-9-8(7(10)11)4-2-3-5-8/h9H,2-6H2,1H3. The number of likely N-dealkylation sites (N-methyl/N-ethyl adjacent to an activating group) is 1. The SMILES string of the molecule is CN1CNC2(CCCC2)C1=O. The summed E-state index contributed by atoms with van der Waals surface area (Å²) in [6.45, 7) is 0.735. The second-order valence-electron chi connectivity index (χ2n) is 3.63. The third-order valence-electron chi connectivity index (χ3n) is 2.87. The van der Waals surface area contributed by atoms with Crippen molar-refractivity contribution in [1.82, 2.24) is 10.2 Å². The molecule has 0 aromatic rings. The molecule has 1 spiro atoms. The molecule has 0 atom stereocenters. The monoisotopic (exact) mass is 154 g/mol. The molecule has 62 valence electrons. The van der Waals surface area contributed by atoms with Crippen LogP contribution in [0.25, 0.3) is 0 Å². The van der Waals surface area contributed by atoms with Crippen molar-refractivity contribution in [2.75, 3.05) is 13.7 Å².